The fourth-order valence-electron chi connectivity index (χ4n) is 3.80. The minimum absolute atomic E-state index is 0.0601. The van der Waals surface area contributed by atoms with Crippen LogP contribution in [-0.4, -0.2) is 44.3 Å². The maximum Gasteiger partial charge on any atom is 0.264 e. The zero-order valence-electron chi connectivity index (χ0n) is 22.4. The number of rotatable bonds is 11. The van der Waals surface area contributed by atoms with E-state index in [1.807, 2.05) is 20.8 Å². The van der Waals surface area contributed by atoms with Crippen LogP contribution in [0, 0.1) is 18.7 Å². The topological polar surface area (TPSA) is 86.8 Å². The number of benzene rings is 3. The number of hydrogen-bond acceptors (Lipinski definition) is 4. The van der Waals surface area contributed by atoms with Crippen LogP contribution in [0.3, 0.4) is 0 Å². The van der Waals surface area contributed by atoms with E-state index in [4.69, 9.17) is 11.6 Å². The molecule has 0 bridgehead atoms. The average molecular weight is 574 g/mol. The fraction of sp³-hybridized carbons (Fsp3) is 0.310. The summed E-state index contributed by atoms with van der Waals surface area (Å²) < 4.78 is 41.9. The van der Waals surface area contributed by atoms with E-state index >= 15 is 0 Å². The first kappa shape index (κ1) is 30.1. The molecule has 0 spiro atoms. The van der Waals surface area contributed by atoms with Crippen molar-refractivity contribution in [2.45, 2.75) is 45.2 Å². The molecule has 10 heteroatoms. The molecule has 3 aromatic rings. The minimum Gasteiger partial charge on any atom is -0.354 e. The normalized spacial score (nSPS) is 12.2. The van der Waals surface area contributed by atoms with Gasteiger partial charge in [-0.25, -0.2) is 12.8 Å². The second kappa shape index (κ2) is 13.1. The number of anilines is 1. The summed E-state index contributed by atoms with van der Waals surface area (Å²) in [5.41, 5.74) is 1.89. The molecule has 3 rings (SSSR count). The predicted molar refractivity (Wildman–Crippen MR) is 151 cm³/mol. The average Bonchev–Trinajstić information content (AvgIpc) is 2.90. The summed E-state index contributed by atoms with van der Waals surface area (Å²) in [6, 6.07) is 17.1. The molecule has 7 nitrogen and oxygen atoms in total. The summed E-state index contributed by atoms with van der Waals surface area (Å²) in [4.78, 5) is 28.0. The standard InChI is InChI=1S/C29H33ClFN3O4S/c1-20(2)17-32-29(36)22(4)33(18-23-7-9-24(30)10-8-23)28(35)19-34(26-13-5-21(3)6-14-26)39(37,38)27-15-11-25(31)12-16-27/h5-16,20,22H,17-19H2,1-4H3,(H,32,36)/t22-/m0/s1. The lowest BCUT2D eigenvalue weighted by Gasteiger charge is -2.32. The van der Waals surface area contributed by atoms with Gasteiger partial charge in [0.1, 0.15) is 18.4 Å². The molecule has 2 amide bonds. The molecule has 0 heterocycles. The Morgan fingerprint density at radius 2 is 1.51 bits per heavy atom. The van der Waals surface area contributed by atoms with Crippen molar-refractivity contribution in [1.82, 2.24) is 10.2 Å². The highest BCUT2D eigenvalue weighted by Crippen LogP contribution is 2.25. The van der Waals surface area contributed by atoms with Crippen LogP contribution in [0.4, 0.5) is 10.1 Å². The first-order chi connectivity index (χ1) is 18.4. The summed E-state index contributed by atoms with van der Waals surface area (Å²) in [6.07, 6.45) is 0. The maximum atomic E-state index is 13.8. The van der Waals surface area contributed by atoms with Crippen molar-refractivity contribution in [1.29, 1.82) is 0 Å². The van der Waals surface area contributed by atoms with Crippen LogP contribution in [0.1, 0.15) is 31.9 Å². The van der Waals surface area contributed by atoms with Crippen LogP contribution in [0.25, 0.3) is 0 Å². The molecular formula is C29H33ClFN3O4S. The molecular weight excluding hydrogens is 541 g/mol. The van der Waals surface area contributed by atoms with Gasteiger partial charge in [0.05, 0.1) is 10.6 Å². The molecule has 1 atom stereocenters. The molecule has 0 aliphatic carbocycles. The lowest BCUT2D eigenvalue weighted by Crippen LogP contribution is -2.51. The van der Waals surface area contributed by atoms with Gasteiger partial charge in [0.25, 0.3) is 10.0 Å². The number of halogens is 2. The van der Waals surface area contributed by atoms with E-state index in [9.17, 15) is 22.4 Å². The van der Waals surface area contributed by atoms with Gasteiger partial charge in [-0.05, 0) is 73.9 Å². The number of sulfonamides is 1. The van der Waals surface area contributed by atoms with Crippen LogP contribution in [0.15, 0.2) is 77.7 Å². The summed E-state index contributed by atoms with van der Waals surface area (Å²) >= 11 is 6.02. The molecule has 0 saturated heterocycles. The van der Waals surface area contributed by atoms with Crippen molar-refractivity contribution >= 4 is 39.1 Å². The molecule has 0 aromatic heterocycles. The summed E-state index contributed by atoms with van der Waals surface area (Å²) in [5, 5.41) is 3.37. The SMILES string of the molecule is Cc1ccc(N(CC(=O)N(Cc2ccc(Cl)cc2)[C@@H](C)C(=O)NCC(C)C)S(=O)(=O)c2ccc(F)cc2)cc1. The molecule has 0 unspecified atom stereocenters. The maximum absolute atomic E-state index is 13.8. The first-order valence-corrected chi connectivity index (χ1v) is 14.4. The fourth-order valence-corrected chi connectivity index (χ4v) is 5.34. The highest BCUT2D eigenvalue weighted by Gasteiger charge is 2.32. The minimum atomic E-state index is -4.26. The number of carbonyl (C=O) groups excluding carboxylic acids is 2. The second-order valence-electron chi connectivity index (χ2n) is 9.76. The van der Waals surface area contributed by atoms with Crippen molar-refractivity contribution in [2.24, 2.45) is 5.92 Å². The molecule has 0 fully saturated rings. The molecule has 0 saturated carbocycles. The van der Waals surface area contributed by atoms with Crippen LogP contribution >= 0.6 is 11.6 Å². The highest BCUT2D eigenvalue weighted by molar-refractivity contribution is 7.92. The van der Waals surface area contributed by atoms with Crippen molar-refractivity contribution in [3.8, 4) is 0 Å². The Balaban J connectivity index is 2.00. The van der Waals surface area contributed by atoms with Gasteiger partial charge in [0, 0.05) is 18.1 Å². The first-order valence-electron chi connectivity index (χ1n) is 12.5. The lowest BCUT2D eigenvalue weighted by atomic mass is 10.1. The Kier molecular flexibility index (Phi) is 10.1. The number of hydrogen-bond donors (Lipinski definition) is 1. The smallest absolute Gasteiger partial charge is 0.264 e. The summed E-state index contributed by atoms with van der Waals surface area (Å²) in [7, 11) is -4.26. The Morgan fingerprint density at radius 3 is 2.08 bits per heavy atom. The van der Waals surface area contributed by atoms with Crippen LogP contribution in [-0.2, 0) is 26.2 Å². The van der Waals surface area contributed by atoms with E-state index in [1.165, 1.54) is 4.90 Å². The number of nitrogens with one attached hydrogen (secondary N) is 1. The van der Waals surface area contributed by atoms with E-state index in [-0.39, 0.29) is 29.0 Å². The van der Waals surface area contributed by atoms with Gasteiger partial charge < -0.3 is 10.2 Å². The third-order valence-electron chi connectivity index (χ3n) is 6.12. The van der Waals surface area contributed by atoms with E-state index in [2.05, 4.69) is 5.32 Å². The molecule has 1 N–H and O–H groups in total. The Hall–Kier alpha value is -3.43. The summed E-state index contributed by atoms with van der Waals surface area (Å²) in [6.45, 7) is 7.30. The molecule has 0 radical (unpaired) electrons. The molecule has 39 heavy (non-hydrogen) atoms. The van der Waals surface area contributed by atoms with Gasteiger partial charge in [-0.15, -0.1) is 0 Å². The zero-order chi connectivity index (χ0) is 28.7. The van der Waals surface area contributed by atoms with E-state index < -0.39 is 34.3 Å². The van der Waals surface area contributed by atoms with Crippen LogP contribution < -0.4 is 9.62 Å². The quantitative estimate of drug-likeness (QED) is 0.343. The Bertz CT molecular complexity index is 1380. The van der Waals surface area contributed by atoms with E-state index in [0.29, 0.717) is 11.6 Å². The third-order valence-corrected chi connectivity index (χ3v) is 8.16. The Labute approximate surface area is 234 Å². The Morgan fingerprint density at radius 1 is 0.923 bits per heavy atom. The van der Waals surface area contributed by atoms with E-state index in [0.717, 1.165) is 39.7 Å². The number of amides is 2. The van der Waals surface area contributed by atoms with Gasteiger partial charge in [-0.2, -0.15) is 0 Å². The van der Waals surface area contributed by atoms with Crippen molar-refractivity contribution < 1.29 is 22.4 Å². The van der Waals surface area contributed by atoms with Crippen molar-refractivity contribution in [3.05, 3.63) is 94.8 Å². The third kappa shape index (κ3) is 8.03. The largest absolute Gasteiger partial charge is 0.354 e. The summed E-state index contributed by atoms with van der Waals surface area (Å²) in [5.74, 6) is -1.31. The van der Waals surface area contributed by atoms with Crippen molar-refractivity contribution in [2.75, 3.05) is 17.4 Å². The van der Waals surface area contributed by atoms with Crippen LogP contribution in [0.5, 0.6) is 0 Å². The lowest BCUT2D eigenvalue weighted by molar-refractivity contribution is -0.139. The van der Waals surface area contributed by atoms with Gasteiger partial charge >= 0.3 is 0 Å². The molecule has 0 aliphatic heterocycles. The number of carbonyl (C=O) groups is 2. The zero-order valence-corrected chi connectivity index (χ0v) is 24.0. The monoisotopic (exact) mass is 573 g/mol. The molecule has 208 valence electrons. The van der Waals surface area contributed by atoms with Gasteiger partial charge in [0.2, 0.25) is 11.8 Å². The number of nitrogens with zero attached hydrogens (tertiary/aromatic N) is 2. The second-order valence-corrected chi connectivity index (χ2v) is 12.1. The van der Waals surface area contributed by atoms with Crippen LogP contribution in [0.2, 0.25) is 5.02 Å². The van der Waals surface area contributed by atoms with Crippen molar-refractivity contribution in [3.63, 3.8) is 0 Å². The van der Waals surface area contributed by atoms with E-state index in [1.54, 1.807) is 55.5 Å². The molecule has 3 aromatic carbocycles. The van der Waals surface area contributed by atoms with Gasteiger partial charge in [-0.3, -0.25) is 13.9 Å². The van der Waals surface area contributed by atoms with Gasteiger partial charge in [-0.1, -0.05) is 55.3 Å². The number of aryl methyl sites for hydroxylation is 1. The van der Waals surface area contributed by atoms with Gasteiger partial charge in [0.15, 0.2) is 0 Å². The predicted octanol–water partition coefficient (Wildman–Crippen LogP) is 5.17. The molecule has 0 aliphatic rings. The highest BCUT2D eigenvalue weighted by atomic mass is 35.5.